The number of carboxylic acids is 1. The summed E-state index contributed by atoms with van der Waals surface area (Å²) >= 11 is 0. The van der Waals surface area contributed by atoms with E-state index in [4.69, 9.17) is 28.8 Å². The Morgan fingerprint density at radius 3 is 2.39 bits per heavy atom. The first kappa shape index (κ1) is 25.1. The number of benzene rings is 3. The molecule has 0 spiro atoms. The molecule has 5 rings (SSSR count). The summed E-state index contributed by atoms with van der Waals surface area (Å²) in [5.41, 5.74) is 1.74. The Labute approximate surface area is 216 Å². The van der Waals surface area contributed by atoms with Crippen molar-refractivity contribution in [3.05, 3.63) is 76.9 Å². The van der Waals surface area contributed by atoms with Crippen LogP contribution in [0.4, 0.5) is 8.78 Å². The zero-order chi connectivity index (χ0) is 27.0. The Morgan fingerprint density at radius 2 is 1.71 bits per heavy atom. The molecule has 2 atom stereocenters. The maximum Gasteiger partial charge on any atom is 0.387 e. The summed E-state index contributed by atoms with van der Waals surface area (Å²) in [6.45, 7) is -3.01. The molecule has 3 aromatic carbocycles. The third-order valence-corrected chi connectivity index (χ3v) is 6.47. The second-order valence-corrected chi connectivity index (χ2v) is 8.44. The normalized spacial score (nSPS) is 17.7. The van der Waals surface area contributed by atoms with Gasteiger partial charge in [0.1, 0.15) is 11.3 Å². The molecule has 0 saturated heterocycles. The first-order chi connectivity index (χ1) is 18.4. The fourth-order valence-corrected chi connectivity index (χ4v) is 4.88. The van der Waals surface area contributed by atoms with Crippen LogP contribution in [0.1, 0.15) is 45.7 Å². The first-order valence-electron chi connectivity index (χ1n) is 11.6. The molecule has 0 saturated carbocycles. The van der Waals surface area contributed by atoms with E-state index in [0.29, 0.717) is 29.2 Å². The van der Waals surface area contributed by atoms with Crippen molar-refractivity contribution >= 4 is 11.7 Å². The number of aromatic carboxylic acids is 1. The van der Waals surface area contributed by atoms with Gasteiger partial charge in [-0.25, -0.2) is 9.80 Å². The van der Waals surface area contributed by atoms with Gasteiger partial charge < -0.3 is 28.8 Å². The van der Waals surface area contributed by atoms with Gasteiger partial charge in [0.2, 0.25) is 6.23 Å². The van der Waals surface area contributed by atoms with E-state index in [-0.39, 0.29) is 28.4 Å². The molecule has 9 nitrogen and oxygen atoms in total. The lowest BCUT2D eigenvalue weighted by atomic mass is 9.94. The monoisotopic (exact) mass is 526 g/mol. The van der Waals surface area contributed by atoms with Crippen molar-refractivity contribution in [2.45, 2.75) is 25.3 Å². The lowest BCUT2D eigenvalue weighted by molar-refractivity contribution is -0.0499. The second kappa shape index (κ2) is 10.1. The van der Waals surface area contributed by atoms with Crippen molar-refractivity contribution in [3.8, 4) is 28.7 Å². The zero-order valence-corrected chi connectivity index (χ0v) is 20.7. The van der Waals surface area contributed by atoms with Crippen LogP contribution in [-0.4, -0.2) is 49.7 Å². The van der Waals surface area contributed by atoms with E-state index >= 15 is 0 Å². The van der Waals surface area contributed by atoms with Crippen LogP contribution in [0.25, 0.3) is 0 Å². The van der Waals surface area contributed by atoms with Crippen LogP contribution >= 0.6 is 0 Å². The number of methoxy groups -OCH3 is 3. The molecule has 0 amide bonds. The molecular weight excluding hydrogens is 502 g/mol. The molecule has 3 aromatic rings. The Morgan fingerprint density at radius 1 is 0.974 bits per heavy atom. The minimum atomic E-state index is -3.01. The van der Waals surface area contributed by atoms with E-state index < -0.39 is 24.9 Å². The Bertz CT molecular complexity index is 1410. The molecule has 0 fully saturated rings. The van der Waals surface area contributed by atoms with Crippen LogP contribution in [0.5, 0.6) is 28.7 Å². The van der Waals surface area contributed by atoms with Gasteiger partial charge in [-0.2, -0.15) is 13.9 Å². The molecule has 0 radical (unpaired) electrons. The third-order valence-electron chi connectivity index (χ3n) is 6.47. The fourth-order valence-electron chi connectivity index (χ4n) is 4.88. The standard InChI is InChI=1S/C27H24F2N2O7/c1-34-20-10-6-8-15-18-13-17(14-7-4-5-9-19(14)37-27(28)29)30-31(18)25(38-23(15)20)16-11-12-21(35-2)24(36-3)22(16)26(32)33/h4-12,18,25,27H,13H2,1-3H3,(H,32,33)/t18-,25-/m1/s1. The van der Waals surface area contributed by atoms with Gasteiger partial charge in [0.15, 0.2) is 23.0 Å². The average Bonchev–Trinajstić information content (AvgIpc) is 3.37. The van der Waals surface area contributed by atoms with E-state index in [1.54, 1.807) is 41.4 Å². The number of hydrogen-bond donors (Lipinski definition) is 1. The molecule has 1 N–H and O–H groups in total. The lowest BCUT2D eigenvalue weighted by Crippen LogP contribution is -2.35. The van der Waals surface area contributed by atoms with Gasteiger partial charge in [-0.3, -0.25) is 0 Å². The number of rotatable bonds is 8. The summed E-state index contributed by atoms with van der Waals surface area (Å²) in [7, 11) is 4.27. The topological polar surface area (TPSA) is 99.0 Å². The highest BCUT2D eigenvalue weighted by molar-refractivity contribution is 6.04. The minimum absolute atomic E-state index is 0.0122. The van der Waals surface area contributed by atoms with E-state index in [9.17, 15) is 18.7 Å². The number of halogens is 2. The SMILES string of the molecule is COc1cccc2c1O[C@H](c1ccc(OC)c(OC)c1C(=O)O)N1N=C(c3ccccc3OC(F)F)C[C@H]21. The number of hydrogen-bond acceptors (Lipinski definition) is 8. The molecule has 11 heteroatoms. The highest BCUT2D eigenvalue weighted by atomic mass is 19.3. The summed E-state index contributed by atoms with van der Waals surface area (Å²) in [5.74, 6) is -0.104. The predicted octanol–water partition coefficient (Wildman–Crippen LogP) is 5.25. The number of alkyl halides is 2. The van der Waals surface area contributed by atoms with Crippen molar-refractivity contribution in [1.29, 1.82) is 0 Å². The molecule has 0 unspecified atom stereocenters. The van der Waals surface area contributed by atoms with Gasteiger partial charge in [-0.15, -0.1) is 0 Å². The van der Waals surface area contributed by atoms with Crippen molar-refractivity contribution < 1.29 is 42.4 Å². The number of ether oxygens (including phenoxy) is 5. The number of para-hydroxylation sites is 2. The number of fused-ring (bicyclic) bond motifs is 3. The van der Waals surface area contributed by atoms with Crippen LogP contribution < -0.4 is 23.7 Å². The van der Waals surface area contributed by atoms with Gasteiger partial charge in [-0.05, 0) is 30.3 Å². The molecule has 198 valence electrons. The van der Waals surface area contributed by atoms with Gasteiger partial charge in [0.05, 0.1) is 33.1 Å². The van der Waals surface area contributed by atoms with Crippen molar-refractivity contribution in [2.24, 2.45) is 5.10 Å². The van der Waals surface area contributed by atoms with Crippen LogP contribution in [-0.2, 0) is 0 Å². The molecule has 2 aliphatic rings. The van der Waals surface area contributed by atoms with Gasteiger partial charge >= 0.3 is 12.6 Å². The summed E-state index contributed by atoms with van der Waals surface area (Å²) in [5, 5.41) is 16.5. The fraction of sp³-hybridized carbons (Fsp3) is 0.259. The number of carbonyl (C=O) groups is 1. The molecule has 0 aliphatic carbocycles. The maximum atomic E-state index is 13.1. The Hall–Kier alpha value is -4.54. The smallest absolute Gasteiger partial charge is 0.387 e. The predicted molar refractivity (Wildman–Crippen MR) is 132 cm³/mol. The molecule has 2 aliphatic heterocycles. The van der Waals surface area contributed by atoms with Crippen LogP contribution in [0.3, 0.4) is 0 Å². The maximum absolute atomic E-state index is 13.1. The number of carboxylic acid groups (broad SMARTS) is 1. The first-order valence-corrected chi connectivity index (χ1v) is 11.6. The molecular formula is C27H24F2N2O7. The highest BCUT2D eigenvalue weighted by Crippen LogP contribution is 2.52. The highest BCUT2D eigenvalue weighted by Gasteiger charge is 2.44. The minimum Gasteiger partial charge on any atom is -0.493 e. The van der Waals surface area contributed by atoms with Crippen molar-refractivity contribution in [3.63, 3.8) is 0 Å². The largest absolute Gasteiger partial charge is 0.493 e. The van der Waals surface area contributed by atoms with Gasteiger partial charge in [-0.1, -0.05) is 24.3 Å². The van der Waals surface area contributed by atoms with E-state index in [1.165, 1.54) is 27.4 Å². The van der Waals surface area contributed by atoms with Crippen molar-refractivity contribution in [1.82, 2.24) is 5.01 Å². The molecule has 38 heavy (non-hydrogen) atoms. The molecule has 0 bridgehead atoms. The summed E-state index contributed by atoms with van der Waals surface area (Å²) in [4.78, 5) is 12.4. The van der Waals surface area contributed by atoms with Crippen molar-refractivity contribution in [2.75, 3.05) is 21.3 Å². The average molecular weight is 526 g/mol. The molecule has 2 heterocycles. The quantitative estimate of drug-likeness (QED) is 0.425. The summed E-state index contributed by atoms with van der Waals surface area (Å²) in [6.07, 6.45) is -0.699. The van der Waals surface area contributed by atoms with Gasteiger partial charge in [0, 0.05) is 23.1 Å². The van der Waals surface area contributed by atoms with Crippen LogP contribution in [0, 0.1) is 0 Å². The second-order valence-electron chi connectivity index (χ2n) is 8.44. The summed E-state index contributed by atoms with van der Waals surface area (Å²) in [6, 6.07) is 14.6. The Kier molecular flexibility index (Phi) is 6.66. The lowest BCUT2D eigenvalue weighted by Gasteiger charge is -2.39. The summed E-state index contributed by atoms with van der Waals surface area (Å²) < 4.78 is 53.6. The van der Waals surface area contributed by atoms with Crippen LogP contribution in [0.15, 0.2) is 59.7 Å². The number of nitrogens with zero attached hydrogens (tertiary/aromatic N) is 2. The Balaban J connectivity index is 1.69. The third kappa shape index (κ3) is 4.19. The number of hydrazone groups is 1. The van der Waals surface area contributed by atoms with Crippen LogP contribution in [0.2, 0.25) is 0 Å². The van der Waals surface area contributed by atoms with E-state index in [2.05, 4.69) is 0 Å². The van der Waals surface area contributed by atoms with E-state index in [0.717, 1.165) is 5.56 Å². The van der Waals surface area contributed by atoms with E-state index in [1.807, 2.05) is 12.1 Å². The van der Waals surface area contributed by atoms with Gasteiger partial charge in [0.25, 0.3) is 0 Å². The zero-order valence-electron chi connectivity index (χ0n) is 20.7. The molecule has 0 aromatic heterocycles.